The number of rotatable bonds is 6. The number of hydrogen-bond acceptors (Lipinski definition) is 3. The van der Waals surface area contributed by atoms with E-state index >= 15 is 0 Å². The van der Waals surface area contributed by atoms with Gasteiger partial charge in [0.15, 0.2) is 0 Å². The molecule has 0 heterocycles. The Hall–Kier alpha value is 0.200. The van der Waals surface area contributed by atoms with Crippen LogP contribution in [0, 0.1) is 0 Å². The van der Waals surface area contributed by atoms with Gasteiger partial charge in [-0.05, 0) is 6.42 Å². The zero-order chi connectivity index (χ0) is 10.1. The number of ether oxygens (including phenoxy) is 1. The summed E-state index contributed by atoms with van der Waals surface area (Å²) in [5, 5.41) is 0. The van der Waals surface area contributed by atoms with E-state index < -0.39 is 0 Å². The van der Waals surface area contributed by atoms with Crippen molar-refractivity contribution in [3.05, 3.63) is 0 Å². The molecule has 0 aromatic carbocycles. The molecule has 0 N–H and O–H groups in total. The highest BCUT2D eigenvalue weighted by Gasteiger charge is 1.98. The van der Waals surface area contributed by atoms with Crippen LogP contribution in [0.15, 0.2) is 0 Å². The summed E-state index contributed by atoms with van der Waals surface area (Å²) in [7, 11) is 3.93. The zero-order valence-electron chi connectivity index (χ0n) is 8.71. The molecule has 13 heavy (non-hydrogen) atoms. The summed E-state index contributed by atoms with van der Waals surface area (Å²) in [6, 6.07) is 0. The molecule has 0 atom stereocenters. The maximum Gasteiger partial charge on any atom is 0.135 e. The third-order valence-corrected chi connectivity index (χ3v) is 3.16. The van der Waals surface area contributed by atoms with Crippen molar-refractivity contribution in [2.24, 2.45) is 0 Å². The highest BCUT2D eigenvalue weighted by atomic mass is 32.2. The maximum atomic E-state index is 5.41. The Bertz CT molecular complexity index is 140. The van der Waals surface area contributed by atoms with E-state index in [4.69, 9.17) is 17.0 Å². The minimum absolute atomic E-state index is 0.804. The van der Waals surface area contributed by atoms with Crippen LogP contribution < -0.4 is 0 Å². The smallest absolute Gasteiger partial charge is 0.135 e. The molecular weight excluding hydrogens is 202 g/mol. The molecule has 2 nitrogen and oxygen atoms in total. The second-order valence-corrected chi connectivity index (χ2v) is 4.70. The van der Waals surface area contributed by atoms with Crippen molar-refractivity contribution in [3.63, 3.8) is 0 Å². The van der Waals surface area contributed by atoms with E-state index in [0.717, 1.165) is 29.7 Å². The van der Waals surface area contributed by atoms with Gasteiger partial charge >= 0.3 is 0 Å². The molecule has 0 amide bonds. The van der Waals surface area contributed by atoms with Crippen LogP contribution in [0.1, 0.15) is 19.8 Å². The first-order valence-electron chi connectivity index (χ1n) is 4.60. The molecule has 0 rings (SSSR count). The van der Waals surface area contributed by atoms with Gasteiger partial charge in [-0.3, -0.25) is 0 Å². The largest absolute Gasteiger partial charge is 0.381 e. The van der Waals surface area contributed by atoms with Crippen molar-refractivity contribution in [1.29, 1.82) is 0 Å². The van der Waals surface area contributed by atoms with Gasteiger partial charge in [0, 0.05) is 26.5 Å². The van der Waals surface area contributed by atoms with Crippen LogP contribution in [0.3, 0.4) is 0 Å². The van der Waals surface area contributed by atoms with E-state index in [2.05, 4.69) is 6.92 Å². The van der Waals surface area contributed by atoms with E-state index in [1.165, 1.54) is 6.42 Å². The van der Waals surface area contributed by atoms with Gasteiger partial charge in [-0.2, -0.15) is 0 Å². The van der Waals surface area contributed by atoms with E-state index in [-0.39, 0.29) is 0 Å². The Morgan fingerprint density at radius 3 is 2.62 bits per heavy atom. The first-order chi connectivity index (χ1) is 6.18. The van der Waals surface area contributed by atoms with E-state index in [1.807, 2.05) is 19.0 Å². The highest BCUT2D eigenvalue weighted by molar-refractivity contribution is 8.22. The van der Waals surface area contributed by atoms with Gasteiger partial charge in [0.2, 0.25) is 0 Å². The summed E-state index contributed by atoms with van der Waals surface area (Å²) in [5.41, 5.74) is 0. The summed E-state index contributed by atoms with van der Waals surface area (Å²) in [6.45, 7) is 3.85. The van der Waals surface area contributed by atoms with Gasteiger partial charge < -0.3 is 9.64 Å². The van der Waals surface area contributed by atoms with Crippen LogP contribution in [0.4, 0.5) is 0 Å². The lowest BCUT2D eigenvalue weighted by Gasteiger charge is -2.12. The number of nitrogens with zero attached hydrogens (tertiary/aromatic N) is 1. The van der Waals surface area contributed by atoms with E-state index in [1.54, 1.807) is 11.8 Å². The molecule has 0 bridgehead atoms. The van der Waals surface area contributed by atoms with E-state index in [0.29, 0.717) is 0 Å². The Morgan fingerprint density at radius 1 is 1.38 bits per heavy atom. The van der Waals surface area contributed by atoms with Gasteiger partial charge in [-0.15, -0.1) is 0 Å². The Morgan fingerprint density at radius 2 is 2.08 bits per heavy atom. The Labute approximate surface area is 91.0 Å². The summed E-state index contributed by atoms with van der Waals surface area (Å²) in [5.74, 6) is 0.959. The molecule has 4 heteroatoms. The first-order valence-corrected chi connectivity index (χ1v) is 5.99. The summed E-state index contributed by atoms with van der Waals surface area (Å²) in [6.07, 6.45) is 2.35. The Kier molecular flexibility index (Phi) is 8.92. The topological polar surface area (TPSA) is 12.5 Å². The van der Waals surface area contributed by atoms with Crippen LogP contribution in [-0.2, 0) is 4.74 Å². The standard InChI is InChI=1S/C9H19NOS2/c1-4-5-6-11-7-8-13-9(12)10(2)3/h4-8H2,1-3H3. The maximum absolute atomic E-state index is 5.41. The summed E-state index contributed by atoms with van der Waals surface area (Å²) < 4.78 is 6.33. The molecule has 0 fully saturated rings. The third-order valence-electron chi connectivity index (χ3n) is 1.46. The summed E-state index contributed by atoms with van der Waals surface area (Å²) in [4.78, 5) is 1.95. The van der Waals surface area contributed by atoms with Crippen LogP contribution in [0.5, 0.6) is 0 Å². The van der Waals surface area contributed by atoms with E-state index in [9.17, 15) is 0 Å². The fourth-order valence-electron chi connectivity index (χ4n) is 0.665. The minimum atomic E-state index is 0.804. The van der Waals surface area contributed by atoms with Crippen molar-refractivity contribution >= 4 is 28.3 Å². The number of thiocarbonyl (C=S) groups is 1. The lowest BCUT2D eigenvalue weighted by atomic mass is 10.4. The average molecular weight is 221 g/mol. The molecule has 0 aromatic rings. The Balaban J connectivity index is 3.12. The van der Waals surface area contributed by atoms with Crippen molar-refractivity contribution in [2.75, 3.05) is 33.1 Å². The lowest BCUT2D eigenvalue weighted by Crippen LogP contribution is -2.17. The van der Waals surface area contributed by atoms with Crippen LogP contribution in [0.2, 0.25) is 0 Å². The predicted molar refractivity (Wildman–Crippen MR) is 64.5 cm³/mol. The molecular formula is C9H19NOS2. The zero-order valence-corrected chi connectivity index (χ0v) is 10.3. The predicted octanol–water partition coefficient (Wildman–Crippen LogP) is 2.38. The molecule has 78 valence electrons. The third kappa shape index (κ3) is 8.53. The average Bonchev–Trinajstić information content (AvgIpc) is 2.10. The molecule has 0 aliphatic rings. The second kappa shape index (κ2) is 8.78. The normalized spacial score (nSPS) is 10.1. The molecule has 0 radical (unpaired) electrons. The van der Waals surface area contributed by atoms with Crippen molar-refractivity contribution in [1.82, 2.24) is 4.90 Å². The van der Waals surface area contributed by atoms with Gasteiger partial charge in [0.05, 0.1) is 6.61 Å². The minimum Gasteiger partial charge on any atom is -0.381 e. The van der Waals surface area contributed by atoms with Gasteiger partial charge in [0.25, 0.3) is 0 Å². The van der Waals surface area contributed by atoms with Gasteiger partial charge in [-0.25, -0.2) is 0 Å². The molecule has 0 aromatic heterocycles. The van der Waals surface area contributed by atoms with Crippen LogP contribution in [-0.4, -0.2) is 42.3 Å². The molecule has 0 saturated heterocycles. The highest BCUT2D eigenvalue weighted by Crippen LogP contribution is 2.05. The van der Waals surface area contributed by atoms with Gasteiger partial charge in [0.1, 0.15) is 4.32 Å². The number of thioether (sulfide) groups is 1. The van der Waals surface area contributed by atoms with Gasteiger partial charge in [-0.1, -0.05) is 37.3 Å². The lowest BCUT2D eigenvalue weighted by molar-refractivity contribution is 0.147. The van der Waals surface area contributed by atoms with Crippen molar-refractivity contribution in [2.45, 2.75) is 19.8 Å². The molecule has 0 spiro atoms. The molecule has 0 aliphatic carbocycles. The van der Waals surface area contributed by atoms with Crippen LogP contribution in [0.25, 0.3) is 0 Å². The second-order valence-electron chi connectivity index (χ2n) is 2.97. The van der Waals surface area contributed by atoms with Crippen molar-refractivity contribution < 1.29 is 4.74 Å². The van der Waals surface area contributed by atoms with Crippen LogP contribution >= 0.6 is 24.0 Å². The SMILES string of the molecule is CCCCOCCSC(=S)N(C)C. The summed E-state index contributed by atoms with van der Waals surface area (Å²) >= 11 is 6.79. The fourth-order valence-corrected chi connectivity index (χ4v) is 1.55. The quantitative estimate of drug-likeness (QED) is 0.504. The first kappa shape index (κ1) is 13.2. The molecule has 0 unspecified atom stereocenters. The molecule has 0 saturated carbocycles. The number of hydrogen-bond donors (Lipinski definition) is 0. The number of unbranched alkanes of at least 4 members (excludes halogenated alkanes) is 1. The van der Waals surface area contributed by atoms with Crippen molar-refractivity contribution in [3.8, 4) is 0 Å². The molecule has 0 aliphatic heterocycles. The fraction of sp³-hybridized carbons (Fsp3) is 0.889. The monoisotopic (exact) mass is 221 g/mol.